The average molecular weight is 526 g/mol. The Balaban J connectivity index is 1.35. The van der Waals surface area contributed by atoms with E-state index in [1.165, 1.54) is 80.3 Å². The van der Waals surface area contributed by atoms with Gasteiger partial charge in [-0.15, -0.1) is 11.3 Å². The van der Waals surface area contributed by atoms with E-state index >= 15 is 0 Å². The van der Waals surface area contributed by atoms with Crippen LogP contribution in [0.1, 0.15) is 0 Å². The molecule has 186 valence electrons. The first-order valence-electron chi connectivity index (χ1n) is 13.7. The van der Waals surface area contributed by atoms with E-state index in [-0.39, 0.29) is 0 Å². The summed E-state index contributed by atoms with van der Waals surface area (Å²) in [7, 11) is 0. The van der Waals surface area contributed by atoms with E-state index in [1.807, 2.05) is 11.3 Å². The predicted octanol–water partition coefficient (Wildman–Crippen LogP) is 11.1. The van der Waals surface area contributed by atoms with Crippen LogP contribution in [-0.4, -0.2) is 4.57 Å². The van der Waals surface area contributed by atoms with Crippen molar-refractivity contribution in [3.05, 3.63) is 140 Å². The van der Waals surface area contributed by atoms with Crippen LogP contribution in [0.4, 0.5) is 0 Å². The lowest BCUT2D eigenvalue weighted by Crippen LogP contribution is -1.93. The van der Waals surface area contributed by atoms with Gasteiger partial charge in [-0.3, -0.25) is 0 Å². The summed E-state index contributed by atoms with van der Waals surface area (Å²) in [4.78, 5) is 0. The topological polar surface area (TPSA) is 4.93 Å². The molecule has 0 atom stereocenters. The first-order chi connectivity index (χ1) is 19.8. The fraction of sp³-hybridized carbons (Fsp3) is 0. The van der Waals surface area contributed by atoms with Crippen molar-refractivity contribution in [1.29, 1.82) is 0 Å². The third kappa shape index (κ3) is 3.08. The van der Waals surface area contributed by atoms with Gasteiger partial charge in [-0.2, -0.15) is 0 Å². The number of thiophene rings is 1. The van der Waals surface area contributed by atoms with Gasteiger partial charge in [0.1, 0.15) is 0 Å². The molecular formula is C38H23NS. The van der Waals surface area contributed by atoms with Gasteiger partial charge in [0.2, 0.25) is 0 Å². The Morgan fingerprint density at radius 2 is 1.00 bits per heavy atom. The summed E-state index contributed by atoms with van der Waals surface area (Å²) in [6, 6.07) is 51.2. The quantitative estimate of drug-likeness (QED) is 0.211. The van der Waals surface area contributed by atoms with Gasteiger partial charge in [-0.25, -0.2) is 0 Å². The smallest absolute Gasteiger partial charge is 0.0547 e. The molecule has 0 saturated carbocycles. The summed E-state index contributed by atoms with van der Waals surface area (Å²) in [5, 5.41) is 10.5. The van der Waals surface area contributed by atoms with Crippen LogP contribution >= 0.6 is 11.3 Å². The number of benzene rings is 7. The lowest BCUT2D eigenvalue weighted by Gasteiger charge is -2.08. The van der Waals surface area contributed by atoms with Crippen LogP contribution in [0.2, 0.25) is 0 Å². The molecule has 0 aliphatic heterocycles. The molecule has 2 heteroatoms. The molecule has 1 nitrogen and oxygen atoms in total. The highest BCUT2D eigenvalue weighted by Crippen LogP contribution is 2.42. The lowest BCUT2D eigenvalue weighted by molar-refractivity contribution is 1.18. The molecule has 0 spiro atoms. The number of hydrogen-bond donors (Lipinski definition) is 0. The summed E-state index contributed by atoms with van der Waals surface area (Å²) in [6.45, 7) is 0. The minimum Gasteiger partial charge on any atom is -0.309 e. The average Bonchev–Trinajstić information content (AvgIpc) is 3.57. The number of aromatic nitrogens is 1. The lowest BCUT2D eigenvalue weighted by atomic mass is 9.98. The first kappa shape index (κ1) is 22.0. The Morgan fingerprint density at radius 1 is 0.400 bits per heavy atom. The van der Waals surface area contributed by atoms with E-state index in [2.05, 4.69) is 144 Å². The molecule has 7 aromatic carbocycles. The Morgan fingerprint density at radius 3 is 1.80 bits per heavy atom. The second-order valence-electron chi connectivity index (χ2n) is 10.6. The Hall–Kier alpha value is -4.92. The van der Waals surface area contributed by atoms with Gasteiger partial charge < -0.3 is 4.57 Å². The van der Waals surface area contributed by atoms with Gasteiger partial charge in [0.05, 0.1) is 11.0 Å². The van der Waals surface area contributed by atoms with Crippen LogP contribution in [0.25, 0.3) is 80.3 Å². The van der Waals surface area contributed by atoms with Crippen molar-refractivity contribution in [1.82, 2.24) is 4.57 Å². The molecular weight excluding hydrogens is 502 g/mol. The van der Waals surface area contributed by atoms with Crippen molar-refractivity contribution < 1.29 is 0 Å². The van der Waals surface area contributed by atoms with Crippen molar-refractivity contribution in [2.75, 3.05) is 0 Å². The standard InChI is InChI=1S/C38H23NS/c1-2-10-28(11-3-1)39-33-18-15-26(22-31(33)37-29-12-6-4-8-24(29)14-19-34(37)39)27-17-20-35-32(23-27)38-30-13-7-5-9-25(30)16-21-36(38)40-35/h1-23H. The fourth-order valence-corrected chi connectivity index (χ4v) is 7.65. The van der Waals surface area contributed by atoms with E-state index in [0.29, 0.717) is 0 Å². The summed E-state index contributed by atoms with van der Waals surface area (Å²) >= 11 is 1.88. The molecule has 2 heterocycles. The molecule has 0 bridgehead atoms. The Kier molecular flexibility index (Phi) is 4.55. The molecule has 0 N–H and O–H groups in total. The van der Waals surface area contributed by atoms with Gasteiger partial charge in [-0.05, 0) is 81.2 Å². The number of para-hydroxylation sites is 1. The molecule has 0 saturated heterocycles. The van der Waals surface area contributed by atoms with Crippen molar-refractivity contribution in [3.8, 4) is 16.8 Å². The van der Waals surface area contributed by atoms with Crippen LogP contribution in [0.5, 0.6) is 0 Å². The maximum absolute atomic E-state index is 2.41. The monoisotopic (exact) mass is 525 g/mol. The maximum Gasteiger partial charge on any atom is 0.0547 e. The van der Waals surface area contributed by atoms with Crippen molar-refractivity contribution in [3.63, 3.8) is 0 Å². The SMILES string of the molecule is c1ccc(-n2c3ccc(-c4ccc5sc6ccc7ccccc7c6c5c4)cc3c3c4ccccc4ccc32)cc1. The highest BCUT2D eigenvalue weighted by atomic mass is 32.1. The summed E-state index contributed by atoms with van der Waals surface area (Å²) in [5.74, 6) is 0. The van der Waals surface area contributed by atoms with Gasteiger partial charge in [0.15, 0.2) is 0 Å². The Bertz CT molecular complexity index is 2420. The zero-order chi connectivity index (χ0) is 26.2. The highest BCUT2D eigenvalue weighted by Gasteiger charge is 2.16. The molecule has 0 unspecified atom stereocenters. The molecule has 9 aromatic rings. The highest BCUT2D eigenvalue weighted by molar-refractivity contribution is 7.26. The van der Waals surface area contributed by atoms with Gasteiger partial charge in [0.25, 0.3) is 0 Å². The predicted molar refractivity (Wildman–Crippen MR) is 174 cm³/mol. The zero-order valence-corrected chi connectivity index (χ0v) is 22.5. The van der Waals surface area contributed by atoms with E-state index < -0.39 is 0 Å². The van der Waals surface area contributed by atoms with E-state index in [9.17, 15) is 0 Å². The second kappa shape index (κ2) is 8.29. The summed E-state index contributed by atoms with van der Waals surface area (Å²) in [6.07, 6.45) is 0. The fourth-order valence-electron chi connectivity index (χ4n) is 6.55. The number of fused-ring (bicyclic) bond motifs is 10. The van der Waals surface area contributed by atoms with Gasteiger partial charge in [-0.1, -0.05) is 91.0 Å². The van der Waals surface area contributed by atoms with Crippen molar-refractivity contribution in [2.24, 2.45) is 0 Å². The molecule has 2 aromatic heterocycles. The zero-order valence-electron chi connectivity index (χ0n) is 21.6. The molecule has 0 aliphatic rings. The third-order valence-corrected chi connectivity index (χ3v) is 9.50. The van der Waals surface area contributed by atoms with E-state index in [4.69, 9.17) is 0 Å². The van der Waals surface area contributed by atoms with Crippen LogP contribution < -0.4 is 0 Å². The summed E-state index contributed by atoms with van der Waals surface area (Å²) < 4.78 is 5.09. The molecule has 0 aliphatic carbocycles. The molecule has 40 heavy (non-hydrogen) atoms. The normalized spacial score (nSPS) is 12.0. The molecule has 9 rings (SSSR count). The number of rotatable bonds is 2. The third-order valence-electron chi connectivity index (χ3n) is 8.36. The second-order valence-corrected chi connectivity index (χ2v) is 11.6. The van der Waals surface area contributed by atoms with Crippen molar-refractivity contribution in [2.45, 2.75) is 0 Å². The molecule has 0 amide bonds. The van der Waals surface area contributed by atoms with Gasteiger partial charge >= 0.3 is 0 Å². The van der Waals surface area contributed by atoms with E-state index in [1.54, 1.807) is 0 Å². The Labute approximate surface area is 235 Å². The first-order valence-corrected chi connectivity index (χ1v) is 14.5. The van der Waals surface area contributed by atoms with Crippen LogP contribution in [0, 0.1) is 0 Å². The van der Waals surface area contributed by atoms with Crippen LogP contribution in [0.15, 0.2) is 140 Å². The van der Waals surface area contributed by atoms with Gasteiger partial charge in [0, 0.05) is 36.6 Å². The van der Waals surface area contributed by atoms with Crippen LogP contribution in [0.3, 0.4) is 0 Å². The number of nitrogens with zero attached hydrogens (tertiary/aromatic N) is 1. The molecule has 0 radical (unpaired) electrons. The minimum atomic E-state index is 1.18. The number of hydrogen-bond acceptors (Lipinski definition) is 1. The maximum atomic E-state index is 2.41. The minimum absolute atomic E-state index is 1.18. The van der Waals surface area contributed by atoms with E-state index in [0.717, 1.165) is 0 Å². The van der Waals surface area contributed by atoms with Crippen molar-refractivity contribution >= 4 is 74.9 Å². The summed E-state index contributed by atoms with van der Waals surface area (Å²) in [5.41, 5.74) is 6.15. The van der Waals surface area contributed by atoms with Crippen LogP contribution in [-0.2, 0) is 0 Å². The molecule has 0 fully saturated rings. The largest absolute Gasteiger partial charge is 0.309 e.